The van der Waals surface area contributed by atoms with Gasteiger partial charge in [0.25, 0.3) is 0 Å². The van der Waals surface area contributed by atoms with Gasteiger partial charge in [0.05, 0.1) is 5.69 Å². The molecule has 0 saturated carbocycles. The van der Waals surface area contributed by atoms with Crippen molar-refractivity contribution < 1.29 is 4.52 Å². The highest BCUT2D eigenvalue weighted by Crippen LogP contribution is 2.21. The first-order valence-electron chi connectivity index (χ1n) is 5.98. The highest BCUT2D eigenvalue weighted by Gasteiger charge is 2.15. The molecule has 1 aromatic carbocycles. The van der Waals surface area contributed by atoms with Gasteiger partial charge in [-0.1, -0.05) is 17.3 Å². The van der Waals surface area contributed by atoms with Gasteiger partial charge in [-0.15, -0.1) is 0 Å². The first kappa shape index (κ1) is 13.5. The Kier molecular flexibility index (Phi) is 4.40. The fraction of sp³-hybridized carbons (Fsp3) is 0.357. The van der Waals surface area contributed by atoms with Crippen molar-refractivity contribution in [3.63, 3.8) is 0 Å². The molecule has 0 bridgehead atoms. The van der Waals surface area contributed by atoms with Crippen molar-refractivity contribution in [1.29, 1.82) is 0 Å². The molecule has 1 aromatic heterocycles. The van der Waals surface area contributed by atoms with Crippen molar-refractivity contribution in [3.05, 3.63) is 50.4 Å². The normalized spacial score (nSPS) is 12.7. The van der Waals surface area contributed by atoms with Crippen molar-refractivity contribution in [2.24, 2.45) is 0 Å². The molecule has 3 nitrogen and oxygen atoms in total. The second-order valence-corrected chi connectivity index (χ2v) is 5.71. The van der Waals surface area contributed by atoms with Crippen molar-refractivity contribution in [1.82, 2.24) is 10.5 Å². The largest absolute Gasteiger partial charge is 0.361 e. The van der Waals surface area contributed by atoms with Gasteiger partial charge in [0.1, 0.15) is 5.76 Å². The summed E-state index contributed by atoms with van der Waals surface area (Å²) in [6.07, 6.45) is 0. The van der Waals surface area contributed by atoms with Gasteiger partial charge in [-0.25, -0.2) is 0 Å². The third kappa shape index (κ3) is 3.11. The zero-order valence-corrected chi connectivity index (χ0v) is 13.0. The highest BCUT2D eigenvalue weighted by molar-refractivity contribution is 14.1. The maximum absolute atomic E-state index is 5.19. The lowest BCUT2D eigenvalue weighted by Gasteiger charge is -2.13. The quantitative estimate of drug-likeness (QED) is 0.848. The van der Waals surface area contributed by atoms with Gasteiger partial charge < -0.3 is 9.84 Å². The van der Waals surface area contributed by atoms with Crippen LogP contribution in [0.1, 0.15) is 35.5 Å². The summed E-state index contributed by atoms with van der Waals surface area (Å²) in [5.41, 5.74) is 3.42. The molecule has 2 aromatic rings. The first-order valence-corrected chi connectivity index (χ1v) is 7.06. The number of hydrogen-bond acceptors (Lipinski definition) is 3. The molecule has 0 amide bonds. The average Bonchev–Trinajstić information content (AvgIpc) is 2.68. The van der Waals surface area contributed by atoms with Crippen molar-refractivity contribution in [3.8, 4) is 0 Å². The van der Waals surface area contributed by atoms with Gasteiger partial charge in [-0.05, 0) is 61.1 Å². The summed E-state index contributed by atoms with van der Waals surface area (Å²) in [4.78, 5) is 0. The molecular weight excluding hydrogens is 339 g/mol. The molecule has 18 heavy (non-hydrogen) atoms. The van der Waals surface area contributed by atoms with Crippen LogP contribution in [-0.4, -0.2) is 5.16 Å². The van der Waals surface area contributed by atoms with E-state index in [0.717, 1.165) is 18.0 Å². The molecule has 0 aliphatic carbocycles. The van der Waals surface area contributed by atoms with Crippen molar-refractivity contribution in [2.45, 2.75) is 33.4 Å². The Hall–Kier alpha value is -0.880. The molecule has 0 fully saturated rings. The minimum absolute atomic E-state index is 0.246. The number of benzene rings is 1. The zero-order valence-electron chi connectivity index (χ0n) is 10.8. The van der Waals surface area contributed by atoms with Crippen LogP contribution in [0, 0.1) is 17.4 Å². The molecular formula is C14H17IN2O. The molecule has 0 spiro atoms. The predicted molar refractivity (Wildman–Crippen MR) is 80.4 cm³/mol. The molecule has 0 saturated heterocycles. The Labute approximate surface area is 121 Å². The number of halogens is 1. The van der Waals surface area contributed by atoms with Crippen LogP contribution in [0.15, 0.2) is 28.8 Å². The number of aryl methyl sites for hydroxylation is 2. The van der Waals surface area contributed by atoms with E-state index in [1.165, 1.54) is 14.7 Å². The molecule has 96 valence electrons. The van der Waals surface area contributed by atoms with E-state index < -0.39 is 0 Å². The van der Waals surface area contributed by atoms with Crippen LogP contribution in [0.4, 0.5) is 0 Å². The van der Waals surface area contributed by atoms with Gasteiger partial charge >= 0.3 is 0 Å². The molecule has 0 aliphatic rings. The summed E-state index contributed by atoms with van der Waals surface area (Å²) in [7, 11) is 0. The van der Waals surface area contributed by atoms with Gasteiger partial charge in [0, 0.05) is 21.7 Å². The summed E-state index contributed by atoms with van der Waals surface area (Å²) < 4.78 is 6.45. The monoisotopic (exact) mass is 356 g/mol. The van der Waals surface area contributed by atoms with E-state index in [4.69, 9.17) is 4.52 Å². The summed E-state index contributed by atoms with van der Waals surface area (Å²) in [6.45, 7) is 6.93. The maximum atomic E-state index is 5.19. The minimum atomic E-state index is 0.246. The first-order chi connectivity index (χ1) is 8.58. The van der Waals surface area contributed by atoms with E-state index in [1.807, 2.05) is 13.8 Å². The predicted octanol–water partition coefficient (Wildman–Crippen LogP) is 3.75. The lowest BCUT2D eigenvalue weighted by Crippen LogP contribution is -2.19. The summed E-state index contributed by atoms with van der Waals surface area (Å²) in [6, 6.07) is 8.79. The number of nitrogens with one attached hydrogen (secondary N) is 1. The summed E-state index contributed by atoms with van der Waals surface area (Å²) in [5, 5.41) is 7.49. The Morgan fingerprint density at radius 3 is 2.50 bits per heavy atom. The molecule has 1 N–H and O–H groups in total. The van der Waals surface area contributed by atoms with E-state index in [2.05, 4.69) is 64.3 Å². The summed E-state index contributed by atoms with van der Waals surface area (Å²) in [5.74, 6) is 0.898. The van der Waals surface area contributed by atoms with Crippen LogP contribution < -0.4 is 5.32 Å². The maximum Gasteiger partial charge on any atom is 0.138 e. The van der Waals surface area contributed by atoms with Crippen LogP contribution in [0.5, 0.6) is 0 Å². The van der Waals surface area contributed by atoms with E-state index in [1.54, 1.807) is 0 Å². The van der Waals surface area contributed by atoms with E-state index >= 15 is 0 Å². The number of hydrogen-bond donors (Lipinski definition) is 1. The Morgan fingerprint density at radius 2 is 1.94 bits per heavy atom. The van der Waals surface area contributed by atoms with Crippen molar-refractivity contribution >= 4 is 22.6 Å². The third-order valence-corrected chi connectivity index (χ3v) is 3.77. The highest BCUT2D eigenvalue weighted by atomic mass is 127. The van der Waals surface area contributed by atoms with Crippen LogP contribution in [0.25, 0.3) is 0 Å². The van der Waals surface area contributed by atoms with Crippen LogP contribution in [0.3, 0.4) is 0 Å². The molecule has 0 radical (unpaired) electrons. The van der Waals surface area contributed by atoms with E-state index in [9.17, 15) is 0 Å². The smallest absolute Gasteiger partial charge is 0.138 e. The topological polar surface area (TPSA) is 38.1 Å². The van der Waals surface area contributed by atoms with Crippen molar-refractivity contribution in [2.75, 3.05) is 0 Å². The number of rotatable bonds is 4. The Bertz CT molecular complexity index is 500. The molecule has 0 aliphatic heterocycles. The van der Waals surface area contributed by atoms with Gasteiger partial charge in [0.15, 0.2) is 0 Å². The van der Waals surface area contributed by atoms with Gasteiger partial charge in [0.2, 0.25) is 0 Å². The second kappa shape index (κ2) is 5.84. The number of aromatic nitrogens is 1. The van der Waals surface area contributed by atoms with Gasteiger partial charge in [-0.2, -0.15) is 0 Å². The standard InChI is InChI=1S/C14H17IN2O/c1-9(14-10(2)17-18-11(14)3)16-8-12-4-6-13(15)7-5-12/h4-7,9,16H,8H2,1-3H3. The minimum Gasteiger partial charge on any atom is -0.361 e. The lowest BCUT2D eigenvalue weighted by atomic mass is 10.1. The van der Waals surface area contributed by atoms with Gasteiger partial charge in [-0.3, -0.25) is 0 Å². The SMILES string of the molecule is Cc1noc(C)c1C(C)NCc1ccc(I)cc1. The second-order valence-electron chi connectivity index (χ2n) is 4.47. The molecule has 1 atom stereocenters. The number of nitrogens with zero attached hydrogens (tertiary/aromatic N) is 1. The average molecular weight is 356 g/mol. The fourth-order valence-corrected chi connectivity index (χ4v) is 2.44. The third-order valence-electron chi connectivity index (χ3n) is 3.05. The molecule has 1 heterocycles. The lowest BCUT2D eigenvalue weighted by molar-refractivity contribution is 0.390. The van der Waals surface area contributed by atoms with Crippen LogP contribution in [0.2, 0.25) is 0 Å². The molecule has 4 heteroatoms. The van der Waals surface area contributed by atoms with Crippen LogP contribution >= 0.6 is 22.6 Å². The van der Waals surface area contributed by atoms with E-state index in [-0.39, 0.29) is 6.04 Å². The Balaban J connectivity index is 2.00. The zero-order chi connectivity index (χ0) is 13.1. The molecule has 2 rings (SSSR count). The fourth-order valence-electron chi connectivity index (χ4n) is 2.08. The molecule has 1 unspecified atom stereocenters. The summed E-state index contributed by atoms with van der Waals surface area (Å²) >= 11 is 2.31. The van der Waals surface area contributed by atoms with Crippen LogP contribution in [-0.2, 0) is 6.54 Å². The Morgan fingerprint density at radius 1 is 1.28 bits per heavy atom. The van der Waals surface area contributed by atoms with E-state index in [0.29, 0.717) is 0 Å².